The number of imide groups is 1. The minimum Gasteiger partial charge on any atom is -0.383 e. The highest BCUT2D eigenvalue weighted by molar-refractivity contribution is 8.00. The number of carbonyl (C=O) groups is 2. The maximum Gasteiger partial charge on any atom is 0.321 e. The van der Waals surface area contributed by atoms with Crippen molar-refractivity contribution in [3.63, 3.8) is 0 Å². The lowest BCUT2D eigenvalue weighted by atomic mass is 10.3. The fourth-order valence-electron chi connectivity index (χ4n) is 1.19. The van der Waals surface area contributed by atoms with Crippen molar-refractivity contribution in [2.75, 3.05) is 26.0 Å². The zero-order valence-electron chi connectivity index (χ0n) is 10.7. The SMILES string of the molecule is COCCNC(=O)NC(=O)CSc1ccc(F)c(Cl)c1. The number of benzene rings is 1. The molecule has 5 nitrogen and oxygen atoms in total. The van der Waals surface area contributed by atoms with E-state index in [2.05, 4.69) is 10.6 Å². The largest absolute Gasteiger partial charge is 0.383 e. The van der Waals surface area contributed by atoms with Crippen molar-refractivity contribution >= 4 is 35.3 Å². The Morgan fingerprint density at radius 1 is 1.45 bits per heavy atom. The first kappa shape index (κ1) is 16.7. The molecule has 1 rings (SSSR count). The minimum atomic E-state index is -0.579. The van der Waals surface area contributed by atoms with Crippen molar-refractivity contribution in [3.05, 3.63) is 29.0 Å². The molecule has 8 heteroatoms. The van der Waals surface area contributed by atoms with E-state index in [1.54, 1.807) is 0 Å². The second-order valence-corrected chi connectivity index (χ2v) is 5.12. The normalized spacial score (nSPS) is 10.2. The van der Waals surface area contributed by atoms with Gasteiger partial charge >= 0.3 is 6.03 Å². The van der Waals surface area contributed by atoms with Crippen molar-refractivity contribution in [2.45, 2.75) is 4.90 Å². The summed E-state index contributed by atoms with van der Waals surface area (Å²) in [7, 11) is 1.51. The lowest BCUT2D eigenvalue weighted by Gasteiger charge is -2.06. The van der Waals surface area contributed by atoms with Crippen LogP contribution in [0.15, 0.2) is 23.1 Å². The maximum atomic E-state index is 12.9. The Labute approximate surface area is 125 Å². The molecule has 0 heterocycles. The standard InChI is InChI=1S/C12H14ClFN2O3S/c1-19-5-4-15-12(18)16-11(17)7-20-8-2-3-10(14)9(13)6-8/h2-3,6H,4-5,7H2,1H3,(H2,15,16,17,18). The molecule has 20 heavy (non-hydrogen) atoms. The molecule has 0 aromatic heterocycles. The van der Waals surface area contributed by atoms with E-state index < -0.39 is 17.8 Å². The number of urea groups is 1. The molecule has 3 amide bonds. The summed E-state index contributed by atoms with van der Waals surface area (Å²) in [5, 5.41) is 4.61. The van der Waals surface area contributed by atoms with E-state index in [0.717, 1.165) is 11.8 Å². The highest BCUT2D eigenvalue weighted by Gasteiger charge is 2.08. The van der Waals surface area contributed by atoms with Crippen molar-refractivity contribution in [1.82, 2.24) is 10.6 Å². The summed E-state index contributed by atoms with van der Waals surface area (Å²) in [4.78, 5) is 23.4. The van der Waals surface area contributed by atoms with Gasteiger partial charge in [-0.15, -0.1) is 11.8 Å². The van der Waals surface area contributed by atoms with Crippen LogP contribution >= 0.6 is 23.4 Å². The van der Waals surface area contributed by atoms with E-state index in [-0.39, 0.29) is 10.8 Å². The zero-order valence-corrected chi connectivity index (χ0v) is 12.3. The quantitative estimate of drug-likeness (QED) is 0.622. The minimum absolute atomic E-state index is 0.00674. The predicted octanol–water partition coefficient (Wildman–Crippen LogP) is 2.04. The van der Waals surface area contributed by atoms with E-state index in [0.29, 0.717) is 18.0 Å². The van der Waals surface area contributed by atoms with Gasteiger partial charge in [-0.1, -0.05) is 11.6 Å². The number of hydrogen-bond acceptors (Lipinski definition) is 4. The number of hydrogen-bond donors (Lipinski definition) is 2. The molecule has 1 aromatic rings. The van der Waals surface area contributed by atoms with Crippen LogP contribution in [0, 0.1) is 5.82 Å². The first-order valence-corrected chi connectivity index (χ1v) is 7.03. The molecule has 0 saturated heterocycles. The summed E-state index contributed by atoms with van der Waals surface area (Å²) >= 11 is 6.77. The molecule has 0 aliphatic rings. The molecular weight excluding hydrogens is 307 g/mol. The van der Waals surface area contributed by atoms with Gasteiger partial charge in [-0.25, -0.2) is 9.18 Å². The molecular formula is C12H14ClFN2O3S. The number of halogens is 2. The Balaban J connectivity index is 2.32. The van der Waals surface area contributed by atoms with Crippen LogP contribution in [0.25, 0.3) is 0 Å². The molecule has 0 radical (unpaired) electrons. The maximum absolute atomic E-state index is 12.9. The number of carbonyl (C=O) groups excluding carboxylic acids is 2. The Bertz CT molecular complexity index is 488. The van der Waals surface area contributed by atoms with E-state index in [9.17, 15) is 14.0 Å². The van der Waals surface area contributed by atoms with Gasteiger partial charge in [0.25, 0.3) is 0 Å². The number of methoxy groups -OCH3 is 1. The fourth-order valence-corrected chi connectivity index (χ4v) is 2.17. The average molecular weight is 321 g/mol. The predicted molar refractivity (Wildman–Crippen MR) is 75.6 cm³/mol. The second-order valence-electron chi connectivity index (χ2n) is 3.66. The van der Waals surface area contributed by atoms with Gasteiger partial charge in [0, 0.05) is 18.6 Å². The fraction of sp³-hybridized carbons (Fsp3) is 0.333. The van der Waals surface area contributed by atoms with Crippen LogP contribution in [0.4, 0.5) is 9.18 Å². The third kappa shape index (κ3) is 6.23. The van der Waals surface area contributed by atoms with Crippen LogP contribution < -0.4 is 10.6 Å². The van der Waals surface area contributed by atoms with E-state index in [4.69, 9.17) is 16.3 Å². The van der Waals surface area contributed by atoms with Gasteiger partial charge in [-0.2, -0.15) is 0 Å². The molecule has 0 unspecified atom stereocenters. The highest BCUT2D eigenvalue weighted by atomic mass is 35.5. The van der Waals surface area contributed by atoms with E-state index in [1.807, 2.05) is 0 Å². The Morgan fingerprint density at radius 2 is 2.20 bits per heavy atom. The van der Waals surface area contributed by atoms with Crippen molar-refractivity contribution in [1.29, 1.82) is 0 Å². The molecule has 0 atom stereocenters. The number of nitrogens with one attached hydrogen (secondary N) is 2. The van der Waals surface area contributed by atoms with Crippen molar-refractivity contribution in [3.8, 4) is 0 Å². The number of thioether (sulfide) groups is 1. The van der Waals surface area contributed by atoms with Crippen LogP contribution in [-0.4, -0.2) is 38.0 Å². The van der Waals surface area contributed by atoms with Gasteiger partial charge in [0.1, 0.15) is 5.82 Å². The third-order valence-electron chi connectivity index (χ3n) is 2.11. The third-order valence-corrected chi connectivity index (χ3v) is 3.39. The Morgan fingerprint density at radius 3 is 2.85 bits per heavy atom. The highest BCUT2D eigenvalue weighted by Crippen LogP contribution is 2.23. The number of ether oxygens (including phenoxy) is 1. The van der Waals surface area contributed by atoms with Crippen LogP contribution in [0.1, 0.15) is 0 Å². The summed E-state index contributed by atoms with van der Waals surface area (Å²) in [5.41, 5.74) is 0. The number of amides is 3. The van der Waals surface area contributed by atoms with Gasteiger partial charge in [-0.05, 0) is 18.2 Å². The van der Waals surface area contributed by atoms with Crippen LogP contribution in [0.5, 0.6) is 0 Å². The zero-order chi connectivity index (χ0) is 15.0. The van der Waals surface area contributed by atoms with Gasteiger partial charge in [0.05, 0.1) is 17.4 Å². The summed E-state index contributed by atoms with van der Waals surface area (Å²) < 4.78 is 17.7. The monoisotopic (exact) mass is 320 g/mol. The smallest absolute Gasteiger partial charge is 0.321 e. The van der Waals surface area contributed by atoms with Crippen molar-refractivity contribution < 1.29 is 18.7 Å². The molecule has 0 spiro atoms. The Kier molecular flexibility index (Phi) is 7.35. The van der Waals surface area contributed by atoms with E-state index in [1.165, 1.54) is 25.3 Å². The summed E-state index contributed by atoms with van der Waals surface area (Å²) in [6.07, 6.45) is 0. The second kappa shape index (κ2) is 8.78. The first-order valence-electron chi connectivity index (χ1n) is 5.67. The summed E-state index contributed by atoms with van der Waals surface area (Å²) in [6, 6.07) is 3.58. The van der Waals surface area contributed by atoms with Crippen LogP contribution in [-0.2, 0) is 9.53 Å². The molecule has 0 fully saturated rings. The summed E-state index contributed by atoms with van der Waals surface area (Å²) in [6.45, 7) is 0.681. The van der Waals surface area contributed by atoms with E-state index >= 15 is 0 Å². The van der Waals surface area contributed by atoms with Gasteiger partial charge < -0.3 is 10.1 Å². The lowest BCUT2D eigenvalue weighted by Crippen LogP contribution is -2.41. The molecule has 0 aliphatic carbocycles. The topological polar surface area (TPSA) is 67.4 Å². The molecule has 2 N–H and O–H groups in total. The number of rotatable bonds is 6. The van der Waals surface area contributed by atoms with Crippen molar-refractivity contribution in [2.24, 2.45) is 0 Å². The molecule has 110 valence electrons. The van der Waals surface area contributed by atoms with Gasteiger partial charge in [-0.3, -0.25) is 10.1 Å². The lowest BCUT2D eigenvalue weighted by molar-refractivity contribution is -0.117. The molecule has 0 bridgehead atoms. The van der Waals surface area contributed by atoms with Crippen LogP contribution in [0.3, 0.4) is 0 Å². The van der Waals surface area contributed by atoms with Crippen LogP contribution in [0.2, 0.25) is 5.02 Å². The molecule has 1 aromatic carbocycles. The van der Waals surface area contributed by atoms with Gasteiger partial charge in [0.2, 0.25) is 5.91 Å². The molecule has 0 saturated carbocycles. The average Bonchev–Trinajstić information content (AvgIpc) is 2.40. The summed E-state index contributed by atoms with van der Waals surface area (Å²) in [5.74, 6) is -0.942. The Hall–Kier alpha value is -1.31. The van der Waals surface area contributed by atoms with Gasteiger partial charge in [0.15, 0.2) is 0 Å². The molecule has 0 aliphatic heterocycles. The first-order chi connectivity index (χ1) is 9.52.